The lowest BCUT2D eigenvalue weighted by Gasteiger charge is -2.08. The van der Waals surface area contributed by atoms with Gasteiger partial charge in [-0.3, -0.25) is 0 Å². The molecule has 96 valence electrons. The third-order valence-electron chi connectivity index (χ3n) is 2.89. The molecule has 1 aromatic heterocycles. The predicted molar refractivity (Wildman–Crippen MR) is 78.7 cm³/mol. The molecule has 1 N–H and O–H groups in total. The van der Waals surface area contributed by atoms with Gasteiger partial charge in [-0.05, 0) is 56.3 Å². The molecule has 0 aliphatic rings. The molecule has 1 atom stereocenters. The van der Waals surface area contributed by atoms with Crippen LogP contribution < -0.4 is 5.32 Å². The van der Waals surface area contributed by atoms with Gasteiger partial charge in [-0.1, -0.05) is 22.9 Å². The normalized spacial score (nSPS) is 12.7. The average molecular weight is 308 g/mol. The Morgan fingerprint density at radius 3 is 2.72 bits per heavy atom. The molecule has 0 aliphatic carbocycles. The summed E-state index contributed by atoms with van der Waals surface area (Å²) in [6.07, 6.45) is 0. The van der Waals surface area contributed by atoms with Crippen LogP contribution in [0.3, 0.4) is 0 Å². The van der Waals surface area contributed by atoms with Crippen LogP contribution in [0, 0.1) is 6.92 Å². The molecule has 3 heteroatoms. The van der Waals surface area contributed by atoms with E-state index in [9.17, 15) is 0 Å². The lowest BCUT2D eigenvalue weighted by atomic mass is 10.1. The van der Waals surface area contributed by atoms with Crippen molar-refractivity contribution in [3.05, 3.63) is 46.1 Å². The Morgan fingerprint density at radius 2 is 2.06 bits per heavy atom. The highest BCUT2D eigenvalue weighted by molar-refractivity contribution is 9.10. The van der Waals surface area contributed by atoms with Crippen molar-refractivity contribution in [1.82, 2.24) is 5.32 Å². The van der Waals surface area contributed by atoms with Gasteiger partial charge in [0.15, 0.2) is 0 Å². The topological polar surface area (TPSA) is 25.2 Å². The Morgan fingerprint density at radius 1 is 1.28 bits per heavy atom. The van der Waals surface area contributed by atoms with Gasteiger partial charge in [0.25, 0.3) is 0 Å². The fourth-order valence-corrected chi connectivity index (χ4v) is 2.63. The van der Waals surface area contributed by atoms with E-state index in [0.29, 0.717) is 0 Å². The number of hydrogen-bond donors (Lipinski definition) is 1. The van der Waals surface area contributed by atoms with Crippen molar-refractivity contribution in [1.29, 1.82) is 0 Å². The maximum absolute atomic E-state index is 5.91. The molecule has 1 unspecified atom stereocenters. The Kier molecular flexibility index (Phi) is 4.25. The molecule has 18 heavy (non-hydrogen) atoms. The minimum atomic E-state index is 0.247. The molecule has 2 aromatic rings. The smallest absolute Gasteiger partial charge is 0.134 e. The second kappa shape index (κ2) is 5.72. The van der Waals surface area contributed by atoms with Crippen LogP contribution in [-0.2, 0) is 0 Å². The lowest BCUT2D eigenvalue weighted by molar-refractivity contribution is 0.445. The zero-order valence-corrected chi connectivity index (χ0v) is 12.5. The van der Waals surface area contributed by atoms with Crippen LogP contribution >= 0.6 is 15.9 Å². The summed E-state index contributed by atoms with van der Waals surface area (Å²) in [6.45, 7) is 7.23. The second-order valence-electron chi connectivity index (χ2n) is 4.50. The van der Waals surface area contributed by atoms with E-state index in [1.165, 1.54) is 5.56 Å². The van der Waals surface area contributed by atoms with Crippen LogP contribution in [0.15, 0.2) is 39.2 Å². The minimum absolute atomic E-state index is 0.247. The van der Waals surface area contributed by atoms with Gasteiger partial charge in [-0.25, -0.2) is 0 Å². The van der Waals surface area contributed by atoms with Gasteiger partial charge in [0.2, 0.25) is 0 Å². The fraction of sp³-hybridized carbons (Fsp3) is 0.333. The van der Waals surface area contributed by atoms with Gasteiger partial charge in [0.1, 0.15) is 11.5 Å². The van der Waals surface area contributed by atoms with E-state index in [1.807, 2.05) is 12.1 Å². The number of furan rings is 1. The van der Waals surface area contributed by atoms with Crippen LogP contribution in [0.5, 0.6) is 0 Å². The third kappa shape index (κ3) is 3.03. The molecule has 1 aromatic carbocycles. The van der Waals surface area contributed by atoms with Crippen LogP contribution in [0.1, 0.15) is 31.2 Å². The monoisotopic (exact) mass is 307 g/mol. The summed E-state index contributed by atoms with van der Waals surface area (Å²) >= 11 is 3.52. The summed E-state index contributed by atoms with van der Waals surface area (Å²) in [5.74, 6) is 1.89. The van der Waals surface area contributed by atoms with Crippen molar-refractivity contribution in [2.24, 2.45) is 0 Å². The Labute approximate surface area is 117 Å². The van der Waals surface area contributed by atoms with Crippen LogP contribution in [0.25, 0.3) is 11.3 Å². The van der Waals surface area contributed by atoms with E-state index >= 15 is 0 Å². The largest absolute Gasteiger partial charge is 0.459 e. The average Bonchev–Trinajstić information content (AvgIpc) is 2.77. The summed E-state index contributed by atoms with van der Waals surface area (Å²) in [7, 11) is 0. The van der Waals surface area contributed by atoms with Gasteiger partial charge in [0.05, 0.1) is 6.04 Å². The van der Waals surface area contributed by atoms with Crippen molar-refractivity contribution in [3.63, 3.8) is 0 Å². The second-order valence-corrected chi connectivity index (χ2v) is 5.41. The standard InChI is InChI=1S/C15H18BrNO/c1-4-17-11(3)14-5-6-15(18-14)12-7-10(2)8-13(16)9-12/h5-9,11,17H,4H2,1-3H3. The molecule has 0 saturated carbocycles. The first kappa shape index (κ1) is 13.4. The summed E-state index contributed by atoms with van der Waals surface area (Å²) in [6, 6.07) is 10.6. The fourth-order valence-electron chi connectivity index (χ4n) is 2.03. The summed E-state index contributed by atoms with van der Waals surface area (Å²) in [5, 5.41) is 3.35. The molecule has 0 saturated heterocycles. The van der Waals surface area contributed by atoms with Gasteiger partial charge in [-0.15, -0.1) is 0 Å². The van der Waals surface area contributed by atoms with Crippen molar-refractivity contribution in [2.75, 3.05) is 6.54 Å². The SMILES string of the molecule is CCNC(C)c1ccc(-c2cc(C)cc(Br)c2)o1. The van der Waals surface area contributed by atoms with Gasteiger partial charge < -0.3 is 9.73 Å². The number of nitrogens with one attached hydrogen (secondary N) is 1. The molecule has 0 aliphatic heterocycles. The summed E-state index contributed by atoms with van der Waals surface area (Å²) in [4.78, 5) is 0. The summed E-state index contributed by atoms with van der Waals surface area (Å²) < 4.78 is 6.99. The quantitative estimate of drug-likeness (QED) is 0.886. The molecule has 0 fully saturated rings. The Balaban J connectivity index is 2.29. The molecule has 2 rings (SSSR count). The highest BCUT2D eigenvalue weighted by atomic mass is 79.9. The van der Waals surface area contributed by atoms with Crippen molar-refractivity contribution in [3.8, 4) is 11.3 Å². The van der Waals surface area contributed by atoms with Crippen LogP contribution in [0.2, 0.25) is 0 Å². The molecular weight excluding hydrogens is 290 g/mol. The first-order chi connectivity index (χ1) is 8.60. The van der Waals surface area contributed by atoms with E-state index in [4.69, 9.17) is 4.42 Å². The third-order valence-corrected chi connectivity index (χ3v) is 3.35. The highest BCUT2D eigenvalue weighted by Gasteiger charge is 2.10. The minimum Gasteiger partial charge on any atom is -0.459 e. The van der Waals surface area contributed by atoms with Crippen molar-refractivity contribution >= 4 is 15.9 Å². The molecule has 2 nitrogen and oxygen atoms in total. The number of rotatable bonds is 4. The lowest BCUT2D eigenvalue weighted by Crippen LogP contribution is -2.16. The zero-order chi connectivity index (χ0) is 13.1. The molecule has 1 heterocycles. The van der Waals surface area contributed by atoms with Crippen molar-refractivity contribution < 1.29 is 4.42 Å². The van der Waals surface area contributed by atoms with E-state index < -0.39 is 0 Å². The molecular formula is C15H18BrNO. The maximum atomic E-state index is 5.91. The predicted octanol–water partition coefficient (Wildman–Crippen LogP) is 4.69. The van der Waals surface area contributed by atoms with Gasteiger partial charge in [0, 0.05) is 10.0 Å². The van der Waals surface area contributed by atoms with Crippen LogP contribution in [0.4, 0.5) is 0 Å². The Bertz CT molecular complexity index is 513. The number of benzene rings is 1. The number of hydrogen-bond acceptors (Lipinski definition) is 2. The van der Waals surface area contributed by atoms with Gasteiger partial charge in [-0.2, -0.15) is 0 Å². The maximum Gasteiger partial charge on any atom is 0.134 e. The molecule has 0 radical (unpaired) electrons. The molecule has 0 spiro atoms. The molecule has 0 amide bonds. The molecule has 0 bridgehead atoms. The zero-order valence-electron chi connectivity index (χ0n) is 11.0. The Hall–Kier alpha value is -1.06. The van der Waals surface area contributed by atoms with E-state index in [-0.39, 0.29) is 6.04 Å². The number of halogens is 1. The van der Waals surface area contributed by atoms with Gasteiger partial charge >= 0.3 is 0 Å². The number of aryl methyl sites for hydroxylation is 1. The highest BCUT2D eigenvalue weighted by Crippen LogP contribution is 2.28. The summed E-state index contributed by atoms with van der Waals surface area (Å²) in [5.41, 5.74) is 2.33. The van der Waals surface area contributed by atoms with E-state index in [1.54, 1.807) is 0 Å². The first-order valence-corrected chi connectivity index (χ1v) is 7.00. The van der Waals surface area contributed by atoms with Crippen molar-refractivity contribution in [2.45, 2.75) is 26.8 Å². The van der Waals surface area contributed by atoms with E-state index in [2.05, 4.69) is 60.2 Å². The van der Waals surface area contributed by atoms with Crippen LogP contribution in [-0.4, -0.2) is 6.54 Å². The van der Waals surface area contributed by atoms with E-state index in [0.717, 1.165) is 28.1 Å². The first-order valence-electron chi connectivity index (χ1n) is 6.21.